The number of aromatic nitrogens is 3. The van der Waals surface area contributed by atoms with Gasteiger partial charge in [-0.15, -0.1) is 0 Å². The second-order valence-electron chi connectivity index (χ2n) is 3.60. The van der Waals surface area contributed by atoms with E-state index < -0.39 is 0 Å². The van der Waals surface area contributed by atoms with Crippen molar-refractivity contribution in [3.8, 4) is 0 Å². The van der Waals surface area contributed by atoms with Crippen LogP contribution in [0.5, 0.6) is 0 Å². The van der Waals surface area contributed by atoms with Crippen molar-refractivity contribution in [2.24, 2.45) is 0 Å². The molecular formula is C12H16N4. The van der Waals surface area contributed by atoms with E-state index in [0.29, 0.717) is 0 Å². The molecule has 2 heterocycles. The Labute approximate surface area is 95.3 Å². The molecule has 16 heavy (non-hydrogen) atoms. The molecule has 0 fully saturated rings. The number of hydrogen-bond donors (Lipinski definition) is 1. The fourth-order valence-corrected chi connectivity index (χ4v) is 1.63. The van der Waals surface area contributed by atoms with Crippen LogP contribution in [0.25, 0.3) is 0 Å². The summed E-state index contributed by atoms with van der Waals surface area (Å²) in [4.78, 5) is 3.99. The largest absolute Gasteiger partial charge is 0.307 e. The minimum atomic E-state index is 0.843. The summed E-state index contributed by atoms with van der Waals surface area (Å²) >= 11 is 0. The molecule has 0 saturated heterocycles. The van der Waals surface area contributed by atoms with Crippen LogP contribution in [0.2, 0.25) is 0 Å². The van der Waals surface area contributed by atoms with Gasteiger partial charge in [-0.1, -0.05) is 0 Å². The van der Waals surface area contributed by atoms with Gasteiger partial charge in [0.05, 0.1) is 5.69 Å². The van der Waals surface area contributed by atoms with Crippen molar-refractivity contribution < 1.29 is 0 Å². The third kappa shape index (κ3) is 2.67. The Morgan fingerprint density at radius 1 is 1.12 bits per heavy atom. The lowest BCUT2D eigenvalue weighted by atomic mass is 10.2. The summed E-state index contributed by atoms with van der Waals surface area (Å²) in [6.07, 6.45) is 5.47. The van der Waals surface area contributed by atoms with E-state index >= 15 is 0 Å². The van der Waals surface area contributed by atoms with Gasteiger partial charge in [-0.3, -0.25) is 9.67 Å². The van der Waals surface area contributed by atoms with E-state index in [9.17, 15) is 0 Å². The maximum Gasteiger partial charge on any atom is 0.0522 e. The number of hydrogen-bond acceptors (Lipinski definition) is 3. The SMILES string of the molecule is CCn1nccc1CNCc1ccncc1. The molecule has 2 aromatic rings. The lowest BCUT2D eigenvalue weighted by molar-refractivity contribution is 0.581. The van der Waals surface area contributed by atoms with Crippen LogP contribution in [0.1, 0.15) is 18.2 Å². The highest BCUT2D eigenvalue weighted by Crippen LogP contribution is 2.00. The average molecular weight is 216 g/mol. The predicted molar refractivity (Wildman–Crippen MR) is 62.7 cm³/mol. The highest BCUT2D eigenvalue weighted by molar-refractivity contribution is 5.09. The molecule has 0 aliphatic carbocycles. The van der Waals surface area contributed by atoms with E-state index in [0.717, 1.165) is 19.6 Å². The molecule has 0 saturated carbocycles. The van der Waals surface area contributed by atoms with Crippen molar-refractivity contribution in [2.75, 3.05) is 0 Å². The molecule has 0 unspecified atom stereocenters. The summed E-state index contributed by atoms with van der Waals surface area (Å²) in [6, 6.07) is 6.08. The molecule has 2 aromatic heterocycles. The monoisotopic (exact) mass is 216 g/mol. The minimum Gasteiger partial charge on any atom is -0.307 e. The van der Waals surface area contributed by atoms with Crippen LogP contribution < -0.4 is 5.32 Å². The molecule has 0 radical (unpaired) electrons. The van der Waals surface area contributed by atoms with Gasteiger partial charge in [0, 0.05) is 38.2 Å². The Kier molecular flexibility index (Phi) is 3.66. The van der Waals surface area contributed by atoms with Crippen LogP contribution >= 0.6 is 0 Å². The van der Waals surface area contributed by atoms with Crippen LogP contribution in [0, 0.1) is 0 Å². The van der Waals surface area contributed by atoms with Crippen LogP contribution in [0.15, 0.2) is 36.8 Å². The van der Waals surface area contributed by atoms with E-state index in [4.69, 9.17) is 0 Å². The van der Waals surface area contributed by atoms with Gasteiger partial charge >= 0.3 is 0 Å². The molecule has 0 aliphatic rings. The molecule has 0 spiro atoms. The maximum absolute atomic E-state index is 4.23. The van der Waals surface area contributed by atoms with Gasteiger partial charge in [0.1, 0.15) is 0 Å². The van der Waals surface area contributed by atoms with Crippen LogP contribution in [0.4, 0.5) is 0 Å². The topological polar surface area (TPSA) is 42.7 Å². The van der Waals surface area contributed by atoms with Gasteiger partial charge in [-0.05, 0) is 30.7 Å². The second-order valence-corrected chi connectivity index (χ2v) is 3.60. The molecule has 0 bridgehead atoms. The molecule has 4 heteroatoms. The summed E-state index contributed by atoms with van der Waals surface area (Å²) < 4.78 is 2.00. The Bertz CT molecular complexity index is 422. The number of pyridine rings is 1. The zero-order valence-electron chi connectivity index (χ0n) is 9.43. The van der Waals surface area contributed by atoms with Crippen molar-refractivity contribution in [3.63, 3.8) is 0 Å². The second kappa shape index (κ2) is 5.42. The summed E-state index contributed by atoms with van der Waals surface area (Å²) in [5, 5.41) is 7.62. The molecule has 84 valence electrons. The van der Waals surface area contributed by atoms with Crippen molar-refractivity contribution in [3.05, 3.63) is 48.0 Å². The fraction of sp³-hybridized carbons (Fsp3) is 0.333. The van der Waals surface area contributed by atoms with Crippen molar-refractivity contribution in [1.29, 1.82) is 0 Å². The van der Waals surface area contributed by atoms with E-state index in [1.54, 1.807) is 0 Å². The zero-order valence-corrected chi connectivity index (χ0v) is 9.43. The normalized spacial score (nSPS) is 10.6. The quantitative estimate of drug-likeness (QED) is 0.825. The highest BCUT2D eigenvalue weighted by Gasteiger charge is 1.99. The molecule has 0 atom stereocenters. The molecule has 0 aliphatic heterocycles. The molecule has 2 rings (SSSR count). The van der Waals surface area contributed by atoms with Gasteiger partial charge in [-0.25, -0.2) is 0 Å². The van der Waals surface area contributed by atoms with E-state index in [-0.39, 0.29) is 0 Å². The summed E-state index contributed by atoms with van der Waals surface area (Å²) in [7, 11) is 0. The lowest BCUT2D eigenvalue weighted by Gasteiger charge is -2.06. The summed E-state index contributed by atoms with van der Waals surface area (Å²) in [6.45, 7) is 4.71. The van der Waals surface area contributed by atoms with Gasteiger partial charge < -0.3 is 5.32 Å². The number of nitrogens with one attached hydrogen (secondary N) is 1. The molecular weight excluding hydrogens is 200 g/mol. The summed E-state index contributed by atoms with van der Waals surface area (Å²) in [5.41, 5.74) is 2.47. The Morgan fingerprint density at radius 2 is 1.94 bits per heavy atom. The van der Waals surface area contributed by atoms with Crippen LogP contribution in [-0.4, -0.2) is 14.8 Å². The molecule has 1 N–H and O–H groups in total. The van der Waals surface area contributed by atoms with E-state index in [1.165, 1.54) is 11.3 Å². The van der Waals surface area contributed by atoms with Gasteiger partial charge in [0.25, 0.3) is 0 Å². The van der Waals surface area contributed by atoms with Crippen molar-refractivity contribution >= 4 is 0 Å². The third-order valence-electron chi connectivity index (χ3n) is 2.49. The third-order valence-corrected chi connectivity index (χ3v) is 2.49. The minimum absolute atomic E-state index is 0.843. The first kappa shape index (κ1) is 10.8. The van der Waals surface area contributed by atoms with Crippen molar-refractivity contribution in [1.82, 2.24) is 20.1 Å². The van der Waals surface area contributed by atoms with Gasteiger partial charge in [0.2, 0.25) is 0 Å². The Balaban J connectivity index is 1.85. The van der Waals surface area contributed by atoms with Gasteiger partial charge in [0.15, 0.2) is 0 Å². The first-order valence-corrected chi connectivity index (χ1v) is 5.50. The van der Waals surface area contributed by atoms with Crippen LogP contribution in [-0.2, 0) is 19.6 Å². The zero-order chi connectivity index (χ0) is 11.2. The predicted octanol–water partition coefficient (Wildman–Crippen LogP) is 1.59. The average Bonchev–Trinajstić information content (AvgIpc) is 2.78. The number of nitrogens with zero attached hydrogens (tertiary/aromatic N) is 3. The van der Waals surface area contributed by atoms with Crippen LogP contribution in [0.3, 0.4) is 0 Å². The Hall–Kier alpha value is -1.68. The maximum atomic E-state index is 4.23. The summed E-state index contributed by atoms with van der Waals surface area (Å²) in [5.74, 6) is 0. The standard InChI is InChI=1S/C12H16N4/c1-2-16-12(5-8-15-16)10-14-9-11-3-6-13-7-4-11/h3-8,14H,2,9-10H2,1H3. The number of aryl methyl sites for hydroxylation is 1. The fourth-order valence-electron chi connectivity index (χ4n) is 1.63. The Morgan fingerprint density at radius 3 is 2.69 bits per heavy atom. The van der Waals surface area contributed by atoms with E-state index in [2.05, 4.69) is 22.3 Å². The van der Waals surface area contributed by atoms with Crippen molar-refractivity contribution in [2.45, 2.75) is 26.6 Å². The first-order valence-electron chi connectivity index (χ1n) is 5.50. The highest BCUT2D eigenvalue weighted by atomic mass is 15.3. The molecule has 0 amide bonds. The van der Waals surface area contributed by atoms with Gasteiger partial charge in [-0.2, -0.15) is 5.10 Å². The smallest absolute Gasteiger partial charge is 0.0522 e. The molecule has 4 nitrogen and oxygen atoms in total. The molecule has 0 aromatic carbocycles. The van der Waals surface area contributed by atoms with E-state index in [1.807, 2.05) is 41.5 Å². The lowest BCUT2D eigenvalue weighted by Crippen LogP contribution is -2.16. The first-order chi connectivity index (χ1) is 7.90. The number of rotatable bonds is 5.